The molecule has 0 radical (unpaired) electrons. The van der Waals surface area contributed by atoms with Crippen molar-refractivity contribution < 1.29 is 0 Å². The van der Waals surface area contributed by atoms with Crippen LogP contribution in [0.2, 0.25) is 0 Å². The minimum atomic E-state index is 0.202. The van der Waals surface area contributed by atoms with Gasteiger partial charge in [0.2, 0.25) is 0 Å². The summed E-state index contributed by atoms with van der Waals surface area (Å²) in [7, 11) is 0. The van der Waals surface area contributed by atoms with Crippen molar-refractivity contribution in [2.75, 3.05) is 45.5 Å². The molecule has 4 nitrogen and oxygen atoms in total. The highest BCUT2D eigenvalue weighted by Crippen LogP contribution is 2.21. The maximum Gasteiger partial charge on any atom is 0.191 e. The topological polar surface area (TPSA) is 39.7 Å². The van der Waals surface area contributed by atoms with Gasteiger partial charge in [0.05, 0.1) is 6.54 Å². The number of guanidine groups is 1. The Morgan fingerprint density at radius 2 is 1.91 bits per heavy atom. The predicted molar refractivity (Wildman–Crippen MR) is 106 cm³/mol. The van der Waals surface area contributed by atoms with Gasteiger partial charge in [-0.1, -0.05) is 6.92 Å². The van der Waals surface area contributed by atoms with Gasteiger partial charge in [-0.25, -0.2) is 0 Å². The van der Waals surface area contributed by atoms with Crippen LogP contribution in [0, 0.1) is 5.92 Å². The van der Waals surface area contributed by atoms with Crippen molar-refractivity contribution in [1.82, 2.24) is 15.5 Å². The molecule has 2 N–H and O–H groups in total. The fourth-order valence-corrected chi connectivity index (χ4v) is 2.82. The van der Waals surface area contributed by atoms with E-state index in [1.165, 1.54) is 45.3 Å². The lowest BCUT2D eigenvalue weighted by Gasteiger charge is -2.30. The van der Waals surface area contributed by atoms with Gasteiger partial charge < -0.3 is 15.5 Å². The van der Waals surface area contributed by atoms with E-state index in [0.29, 0.717) is 0 Å². The van der Waals surface area contributed by atoms with E-state index < -0.39 is 0 Å². The quantitative estimate of drug-likeness (QED) is 0.383. The average Bonchev–Trinajstić information content (AvgIpc) is 2.54. The van der Waals surface area contributed by atoms with Crippen molar-refractivity contribution in [3.63, 3.8) is 0 Å². The van der Waals surface area contributed by atoms with Crippen molar-refractivity contribution in [3.05, 3.63) is 0 Å². The molecule has 0 aromatic heterocycles. The summed E-state index contributed by atoms with van der Waals surface area (Å²) in [5.41, 5.74) is 0. The maximum absolute atomic E-state index is 4.71. The van der Waals surface area contributed by atoms with Crippen molar-refractivity contribution in [2.24, 2.45) is 10.9 Å². The highest BCUT2D eigenvalue weighted by molar-refractivity contribution is 7.99. The number of hydrogen-bond donors (Lipinski definition) is 2. The number of nitrogens with zero attached hydrogens (tertiary/aromatic N) is 2. The minimum absolute atomic E-state index is 0.202. The molecule has 1 heterocycles. The first-order valence-electron chi connectivity index (χ1n) is 9.26. The largest absolute Gasteiger partial charge is 0.357 e. The van der Waals surface area contributed by atoms with Gasteiger partial charge in [0, 0.05) is 17.8 Å². The average molecular weight is 343 g/mol. The van der Waals surface area contributed by atoms with Crippen LogP contribution in [0.25, 0.3) is 0 Å². The van der Waals surface area contributed by atoms with E-state index in [4.69, 9.17) is 4.99 Å². The third kappa shape index (κ3) is 9.46. The van der Waals surface area contributed by atoms with E-state index in [0.717, 1.165) is 31.5 Å². The van der Waals surface area contributed by atoms with Crippen LogP contribution in [0.3, 0.4) is 0 Å². The van der Waals surface area contributed by atoms with Crippen molar-refractivity contribution in [1.29, 1.82) is 0 Å². The molecule has 5 heteroatoms. The number of rotatable bonds is 9. The molecule has 136 valence electrons. The first-order valence-corrected chi connectivity index (χ1v) is 10.5. The molecule has 0 bridgehead atoms. The molecule has 23 heavy (non-hydrogen) atoms. The highest BCUT2D eigenvalue weighted by atomic mass is 32.2. The second-order valence-corrected chi connectivity index (χ2v) is 8.83. The molecule has 1 fully saturated rings. The summed E-state index contributed by atoms with van der Waals surface area (Å²) >= 11 is 1.87. The molecule has 0 atom stereocenters. The summed E-state index contributed by atoms with van der Waals surface area (Å²) in [4.78, 5) is 7.34. The summed E-state index contributed by atoms with van der Waals surface area (Å²) in [5.74, 6) is 1.89. The minimum Gasteiger partial charge on any atom is -0.357 e. The summed E-state index contributed by atoms with van der Waals surface area (Å²) in [5, 5.41) is 6.82. The van der Waals surface area contributed by atoms with Crippen LogP contribution in [-0.4, -0.2) is 61.1 Å². The van der Waals surface area contributed by atoms with Crippen LogP contribution in [0.4, 0.5) is 0 Å². The fourth-order valence-electron chi connectivity index (χ4n) is 2.63. The van der Waals surface area contributed by atoms with E-state index >= 15 is 0 Å². The van der Waals surface area contributed by atoms with Gasteiger partial charge in [-0.15, -0.1) is 0 Å². The first-order chi connectivity index (χ1) is 11.0. The Morgan fingerprint density at radius 1 is 1.22 bits per heavy atom. The molecule has 0 aliphatic carbocycles. The lowest BCUT2D eigenvalue weighted by atomic mass is 9.99. The highest BCUT2D eigenvalue weighted by Gasteiger charge is 2.16. The smallest absolute Gasteiger partial charge is 0.191 e. The Balaban J connectivity index is 2.18. The van der Waals surface area contributed by atoms with Gasteiger partial charge in [-0.05, 0) is 78.3 Å². The van der Waals surface area contributed by atoms with E-state index in [9.17, 15) is 0 Å². The summed E-state index contributed by atoms with van der Waals surface area (Å²) < 4.78 is 0.202. The molecule has 1 aliphatic rings. The molecular weight excluding hydrogens is 304 g/mol. The molecule has 0 unspecified atom stereocenters. The molecule has 0 amide bonds. The van der Waals surface area contributed by atoms with E-state index in [2.05, 4.69) is 49.5 Å². The Kier molecular flexibility index (Phi) is 10.0. The zero-order valence-electron chi connectivity index (χ0n) is 16.0. The Bertz CT molecular complexity index is 336. The number of piperidine rings is 1. The molecule has 0 aromatic rings. The van der Waals surface area contributed by atoms with Crippen LogP contribution in [0.15, 0.2) is 4.99 Å². The monoisotopic (exact) mass is 342 g/mol. The predicted octanol–water partition coefficient (Wildman–Crippen LogP) is 3.20. The molecular formula is C18H38N4S. The lowest BCUT2D eigenvalue weighted by Crippen LogP contribution is -2.39. The number of unbranched alkanes of at least 4 members (excludes halogenated alkanes) is 1. The lowest BCUT2D eigenvalue weighted by molar-refractivity contribution is 0.189. The number of thioether (sulfide) groups is 1. The molecule has 1 saturated heterocycles. The standard InChI is InChI=1S/C18H38N4S/c1-6-19-17(21-15-18(3,4)23-5)20-11-7-8-12-22-13-9-16(2)10-14-22/h16H,6-15H2,1-5H3,(H2,19,20,21). The number of hydrogen-bond acceptors (Lipinski definition) is 3. The van der Waals surface area contributed by atoms with Crippen LogP contribution < -0.4 is 10.6 Å². The maximum atomic E-state index is 4.71. The normalized spacial score (nSPS) is 18.2. The van der Waals surface area contributed by atoms with Crippen LogP contribution in [0.5, 0.6) is 0 Å². The molecule has 0 aromatic carbocycles. The van der Waals surface area contributed by atoms with E-state index in [1.54, 1.807) is 0 Å². The van der Waals surface area contributed by atoms with Crippen molar-refractivity contribution in [2.45, 2.75) is 58.1 Å². The third-order valence-corrected chi connectivity index (χ3v) is 5.82. The molecule has 0 spiro atoms. The van der Waals surface area contributed by atoms with Crippen LogP contribution in [-0.2, 0) is 0 Å². The number of likely N-dealkylation sites (tertiary alicyclic amines) is 1. The number of aliphatic imine (C=N–C) groups is 1. The first kappa shape index (κ1) is 20.6. The van der Waals surface area contributed by atoms with Crippen molar-refractivity contribution >= 4 is 17.7 Å². The zero-order valence-corrected chi connectivity index (χ0v) is 16.8. The second kappa shape index (κ2) is 11.2. The van der Waals surface area contributed by atoms with Crippen LogP contribution >= 0.6 is 11.8 Å². The summed E-state index contributed by atoms with van der Waals surface area (Å²) in [6, 6.07) is 0. The van der Waals surface area contributed by atoms with Crippen LogP contribution in [0.1, 0.15) is 53.4 Å². The second-order valence-electron chi connectivity index (χ2n) is 7.32. The zero-order chi connectivity index (χ0) is 17.1. The molecule has 0 saturated carbocycles. The third-order valence-electron chi connectivity index (χ3n) is 4.58. The summed E-state index contributed by atoms with van der Waals surface area (Å²) in [6.45, 7) is 15.6. The molecule has 1 rings (SSSR count). The summed E-state index contributed by atoms with van der Waals surface area (Å²) in [6.07, 6.45) is 7.39. The van der Waals surface area contributed by atoms with Gasteiger partial charge in [0.1, 0.15) is 0 Å². The Morgan fingerprint density at radius 3 is 2.52 bits per heavy atom. The fraction of sp³-hybridized carbons (Fsp3) is 0.944. The van der Waals surface area contributed by atoms with E-state index in [-0.39, 0.29) is 4.75 Å². The van der Waals surface area contributed by atoms with Gasteiger partial charge in [-0.3, -0.25) is 4.99 Å². The van der Waals surface area contributed by atoms with Gasteiger partial charge in [-0.2, -0.15) is 11.8 Å². The van der Waals surface area contributed by atoms with E-state index in [1.807, 2.05) is 11.8 Å². The van der Waals surface area contributed by atoms with Gasteiger partial charge >= 0.3 is 0 Å². The number of nitrogens with one attached hydrogen (secondary N) is 2. The van der Waals surface area contributed by atoms with Gasteiger partial charge in [0.25, 0.3) is 0 Å². The van der Waals surface area contributed by atoms with Crippen molar-refractivity contribution in [3.8, 4) is 0 Å². The Labute approximate surface area is 148 Å². The van der Waals surface area contributed by atoms with Gasteiger partial charge in [0.15, 0.2) is 5.96 Å². The SMILES string of the molecule is CCNC(=NCC(C)(C)SC)NCCCCN1CCC(C)CC1. The molecule has 1 aliphatic heterocycles. The Hall–Kier alpha value is -0.420.